The topological polar surface area (TPSA) is 82.8 Å². The normalized spacial score (nSPS) is 14.0. The molecule has 0 saturated heterocycles. The Morgan fingerprint density at radius 3 is 2.24 bits per heavy atom. The van der Waals surface area contributed by atoms with E-state index in [2.05, 4.69) is 22.6 Å². The largest absolute Gasteiger partial charge is 0.496 e. The van der Waals surface area contributed by atoms with E-state index in [0.29, 0.717) is 34.5 Å². The SMILES string of the molecule is COc1cc(OC)c(CNC(=O)c2cc(-c3ccc(C4CCCCC4)cc3)on2)c(OC)c1. The number of nitrogens with one attached hydrogen (secondary N) is 1. The second-order valence-corrected chi connectivity index (χ2v) is 8.23. The van der Waals surface area contributed by atoms with Gasteiger partial charge in [-0.05, 0) is 24.3 Å². The molecular formula is C26H30N2O5. The molecule has 4 rings (SSSR count). The lowest BCUT2D eigenvalue weighted by Crippen LogP contribution is -2.23. The predicted molar refractivity (Wildman–Crippen MR) is 125 cm³/mol. The number of carbonyl (C=O) groups is 1. The zero-order chi connectivity index (χ0) is 23.2. The summed E-state index contributed by atoms with van der Waals surface area (Å²) < 4.78 is 21.6. The molecule has 1 amide bonds. The van der Waals surface area contributed by atoms with Crippen molar-refractivity contribution in [3.05, 3.63) is 59.3 Å². The van der Waals surface area contributed by atoms with Crippen LogP contribution < -0.4 is 19.5 Å². The fourth-order valence-corrected chi connectivity index (χ4v) is 4.39. The summed E-state index contributed by atoms with van der Waals surface area (Å²) in [6.45, 7) is 0.202. The minimum absolute atomic E-state index is 0.202. The zero-order valence-corrected chi connectivity index (χ0v) is 19.3. The Morgan fingerprint density at radius 1 is 0.970 bits per heavy atom. The number of nitrogens with zero attached hydrogens (tertiary/aromatic N) is 1. The van der Waals surface area contributed by atoms with Crippen LogP contribution in [0.15, 0.2) is 47.0 Å². The number of benzene rings is 2. The minimum Gasteiger partial charge on any atom is -0.496 e. The van der Waals surface area contributed by atoms with Crippen molar-refractivity contribution in [2.24, 2.45) is 0 Å². The molecule has 1 fully saturated rings. The molecule has 174 valence electrons. The second kappa shape index (κ2) is 10.4. The first-order valence-electron chi connectivity index (χ1n) is 11.3. The zero-order valence-electron chi connectivity index (χ0n) is 19.3. The summed E-state index contributed by atoms with van der Waals surface area (Å²) in [5.41, 5.74) is 3.20. The summed E-state index contributed by atoms with van der Waals surface area (Å²) in [5.74, 6) is 2.60. The number of hydrogen-bond acceptors (Lipinski definition) is 6. The van der Waals surface area contributed by atoms with Gasteiger partial charge in [-0.3, -0.25) is 4.79 Å². The summed E-state index contributed by atoms with van der Waals surface area (Å²) in [6.07, 6.45) is 6.48. The molecule has 2 aromatic carbocycles. The maximum atomic E-state index is 12.7. The first kappa shape index (κ1) is 22.7. The molecule has 7 heteroatoms. The second-order valence-electron chi connectivity index (χ2n) is 8.23. The number of hydrogen-bond donors (Lipinski definition) is 1. The molecule has 1 aliphatic carbocycles. The van der Waals surface area contributed by atoms with Gasteiger partial charge in [-0.25, -0.2) is 0 Å². The minimum atomic E-state index is -0.344. The van der Waals surface area contributed by atoms with Gasteiger partial charge in [0.15, 0.2) is 11.5 Å². The Labute approximate surface area is 194 Å². The van der Waals surface area contributed by atoms with Crippen LogP contribution in [0.1, 0.15) is 59.6 Å². The third-order valence-electron chi connectivity index (χ3n) is 6.26. The van der Waals surface area contributed by atoms with Crippen molar-refractivity contribution in [3.63, 3.8) is 0 Å². The summed E-state index contributed by atoms with van der Waals surface area (Å²) in [5, 5.41) is 6.82. The highest BCUT2D eigenvalue weighted by Crippen LogP contribution is 2.35. The highest BCUT2D eigenvalue weighted by molar-refractivity contribution is 5.93. The number of aromatic nitrogens is 1. The molecule has 0 aliphatic heterocycles. The van der Waals surface area contributed by atoms with Crippen LogP contribution in [0.5, 0.6) is 17.2 Å². The number of carbonyl (C=O) groups excluding carboxylic acids is 1. The van der Waals surface area contributed by atoms with Gasteiger partial charge in [-0.15, -0.1) is 0 Å². The summed E-state index contributed by atoms with van der Waals surface area (Å²) in [4.78, 5) is 12.7. The van der Waals surface area contributed by atoms with Crippen LogP contribution in [0.2, 0.25) is 0 Å². The first-order chi connectivity index (χ1) is 16.1. The number of methoxy groups -OCH3 is 3. The Kier molecular flexibility index (Phi) is 7.17. The van der Waals surface area contributed by atoms with Gasteiger partial charge in [0, 0.05) is 23.8 Å². The fourth-order valence-electron chi connectivity index (χ4n) is 4.39. The van der Waals surface area contributed by atoms with Crippen molar-refractivity contribution in [3.8, 4) is 28.6 Å². The van der Waals surface area contributed by atoms with E-state index in [1.165, 1.54) is 37.7 Å². The third kappa shape index (κ3) is 5.13. The van der Waals surface area contributed by atoms with Gasteiger partial charge in [-0.2, -0.15) is 0 Å². The van der Waals surface area contributed by atoms with Gasteiger partial charge in [-0.1, -0.05) is 48.7 Å². The standard InChI is InChI=1S/C26H30N2O5/c1-30-20-13-24(31-2)21(25(14-20)32-3)16-27-26(29)22-15-23(33-28-22)19-11-9-18(10-12-19)17-7-5-4-6-8-17/h9-15,17H,4-8,16H2,1-3H3,(H,27,29). The lowest BCUT2D eigenvalue weighted by Gasteiger charge is -2.21. The van der Waals surface area contributed by atoms with Crippen molar-refractivity contribution >= 4 is 5.91 Å². The molecule has 33 heavy (non-hydrogen) atoms. The molecule has 3 aromatic rings. The lowest BCUT2D eigenvalue weighted by molar-refractivity contribution is 0.0941. The van der Waals surface area contributed by atoms with Crippen molar-refractivity contribution in [1.82, 2.24) is 10.5 Å². The van der Waals surface area contributed by atoms with E-state index in [-0.39, 0.29) is 18.1 Å². The fraction of sp³-hybridized carbons (Fsp3) is 0.385. The highest BCUT2D eigenvalue weighted by atomic mass is 16.5. The smallest absolute Gasteiger partial charge is 0.273 e. The first-order valence-corrected chi connectivity index (χ1v) is 11.3. The van der Waals surface area contributed by atoms with E-state index < -0.39 is 0 Å². The highest BCUT2D eigenvalue weighted by Gasteiger charge is 2.19. The Morgan fingerprint density at radius 2 is 1.64 bits per heavy atom. The van der Waals surface area contributed by atoms with E-state index >= 15 is 0 Å². The van der Waals surface area contributed by atoms with E-state index in [4.69, 9.17) is 18.7 Å². The average Bonchev–Trinajstić information content (AvgIpc) is 3.38. The van der Waals surface area contributed by atoms with Crippen LogP contribution in [-0.4, -0.2) is 32.4 Å². The van der Waals surface area contributed by atoms with E-state index in [0.717, 1.165) is 5.56 Å². The number of ether oxygens (including phenoxy) is 3. The van der Waals surface area contributed by atoms with Crippen LogP contribution in [-0.2, 0) is 6.54 Å². The molecule has 0 unspecified atom stereocenters. The maximum absolute atomic E-state index is 12.7. The van der Waals surface area contributed by atoms with Crippen LogP contribution in [0.3, 0.4) is 0 Å². The molecule has 0 spiro atoms. The van der Waals surface area contributed by atoms with Crippen molar-refractivity contribution in [2.75, 3.05) is 21.3 Å². The number of rotatable bonds is 8. The monoisotopic (exact) mass is 450 g/mol. The molecule has 0 atom stereocenters. The van der Waals surface area contributed by atoms with Crippen molar-refractivity contribution < 1.29 is 23.5 Å². The lowest BCUT2D eigenvalue weighted by atomic mass is 9.84. The molecule has 1 saturated carbocycles. The molecule has 1 heterocycles. The molecule has 0 bridgehead atoms. The van der Waals surface area contributed by atoms with E-state index in [9.17, 15) is 4.79 Å². The van der Waals surface area contributed by atoms with Gasteiger partial charge >= 0.3 is 0 Å². The quantitative estimate of drug-likeness (QED) is 0.498. The molecule has 7 nitrogen and oxygen atoms in total. The summed E-state index contributed by atoms with van der Waals surface area (Å²) in [6, 6.07) is 13.6. The Balaban J connectivity index is 1.43. The van der Waals surface area contributed by atoms with Crippen LogP contribution >= 0.6 is 0 Å². The van der Waals surface area contributed by atoms with Gasteiger partial charge in [0.05, 0.1) is 33.4 Å². The summed E-state index contributed by atoms with van der Waals surface area (Å²) >= 11 is 0. The predicted octanol–water partition coefficient (Wildman–Crippen LogP) is 5.35. The van der Waals surface area contributed by atoms with Gasteiger partial charge < -0.3 is 24.1 Å². The van der Waals surface area contributed by atoms with Crippen LogP contribution in [0.4, 0.5) is 0 Å². The Bertz CT molecular complexity index is 1060. The van der Waals surface area contributed by atoms with Crippen molar-refractivity contribution in [2.45, 2.75) is 44.6 Å². The number of amides is 1. The van der Waals surface area contributed by atoms with Gasteiger partial charge in [0.1, 0.15) is 17.2 Å². The summed E-state index contributed by atoms with van der Waals surface area (Å²) in [7, 11) is 4.69. The van der Waals surface area contributed by atoms with Crippen LogP contribution in [0.25, 0.3) is 11.3 Å². The maximum Gasteiger partial charge on any atom is 0.273 e. The van der Waals surface area contributed by atoms with E-state index in [1.54, 1.807) is 39.5 Å². The third-order valence-corrected chi connectivity index (χ3v) is 6.26. The molecular weight excluding hydrogens is 420 g/mol. The molecule has 1 aliphatic rings. The molecule has 1 aromatic heterocycles. The molecule has 1 N–H and O–H groups in total. The average molecular weight is 451 g/mol. The van der Waals surface area contributed by atoms with Gasteiger partial charge in [0.25, 0.3) is 5.91 Å². The van der Waals surface area contributed by atoms with Crippen molar-refractivity contribution in [1.29, 1.82) is 0 Å². The molecule has 0 radical (unpaired) electrons. The Hall–Kier alpha value is -3.48. The van der Waals surface area contributed by atoms with Crippen LogP contribution in [0, 0.1) is 0 Å². The van der Waals surface area contributed by atoms with E-state index in [1.807, 2.05) is 12.1 Å². The van der Waals surface area contributed by atoms with Gasteiger partial charge in [0.2, 0.25) is 0 Å².